The number of hydrogen-bond donors (Lipinski definition) is 1. The highest BCUT2D eigenvalue weighted by molar-refractivity contribution is 5.31. The van der Waals surface area contributed by atoms with Crippen molar-refractivity contribution < 1.29 is 14.6 Å². The van der Waals surface area contributed by atoms with Crippen molar-refractivity contribution in [2.75, 3.05) is 20.3 Å². The molecule has 90 valence electrons. The van der Waals surface area contributed by atoms with Crippen molar-refractivity contribution in [2.24, 2.45) is 13.0 Å². The molecule has 0 amide bonds. The number of ether oxygens (including phenoxy) is 2. The van der Waals surface area contributed by atoms with Gasteiger partial charge in [0.25, 0.3) is 0 Å². The predicted molar refractivity (Wildman–Crippen MR) is 58.3 cm³/mol. The molecule has 5 nitrogen and oxygen atoms in total. The minimum Gasteiger partial charge on any atom is -0.493 e. The predicted octanol–water partition coefficient (Wildman–Crippen LogP) is 0.673. The number of aryl methyl sites for hydroxylation is 1. The highest BCUT2D eigenvalue weighted by Crippen LogP contribution is 2.38. The van der Waals surface area contributed by atoms with E-state index in [-0.39, 0.29) is 5.92 Å². The molecule has 0 spiro atoms. The molecule has 1 saturated heterocycles. The fourth-order valence-corrected chi connectivity index (χ4v) is 2.31. The summed E-state index contributed by atoms with van der Waals surface area (Å²) in [5, 5.41) is 14.8. The molecule has 1 fully saturated rings. The monoisotopic (exact) mass is 226 g/mol. The van der Waals surface area contributed by atoms with Crippen LogP contribution in [0.5, 0.6) is 5.75 Å². The van der Waals surface area contributed by atoms with E-state index in [1.165, 1.54) is 0 Å². The molecule has 1 aliphatic rings. The Kier molecular flexibility index (Phi) is 2.90. The number of nitrogens with zero attached hydrogens (tertiary/aromatic N) is 2. The number of aliphatic hydroxyl groups is 1. The van der Waals surface area contributed by atoms with Crippen molar-refractivity contribution in [2.45, 2.75) is 18.9 Å². The summed E-state index contributed by atoms with van der Waals surface area (Å²) >= 11 is 0. The van der Waals surface area contributed by atoms with E-state index in [9.17, 15) is 5.11 Å². The maximum absolute atomic E-state index is 10.6. The molecule has 1 aromatic rings. The molecule has 2 rings (SSSR count). The normalized spacial score (nSPS) is 24.4. The maximum atomic E-state index is 10.6. The van der Waals surface area contributed by atoms with Gasteiger partial charge in [-0.25, -0.2) is 0 Å². The molecule has 2 unspecified atom stereocenters. The largest absolute Gasteiger partial charge is 0.493 e. The van der Waals surface area contributed by atoms with Gasteiger partial charge in [0.1, 0.15) is 11.3 Å². The van der Waals surface area contributed by atoms with Crippen LogP contribution < -0.4 is 4.74 Å². The van der Waals surface area contributed by atoms with Crippen LogP contribution in [0.15, 0.2) is 6.20 Å². The lowest BCUT2D eigenvalue weighted by Crippen LogP contribution is -2.34. The lowest BCUT2D eigenvalue weighted by atomic mass is 9.85. The van der Waals surface area contributed by atoms with E-state index in [1.54, 1.807) is 24.9 Å². The summed E-state index contributed by atoms with van der Waals surface area (Å²) in [6, 6.07) is 0. The second kappa shape index (κ2) is 4.07. The highest BCUT2D eigenvalue weighted by Gasteiger charge is 2.40. The summed E-state index contributed by atoms with van der Waals surface area (Å²) in [6.07, 6.45) is 2.49. The van der Waals surface area contributed by atoms with Gasteiger partial charge < -0.3 is 14.6 Å². The van der Waals surface area contributed by atoms with Crippen LogP contribution in [0, 0.1) is 5.92 Å². The molecule has 0 radical (unpaired) electrons. The molecule has 1 aliphatic heterocycles. The fourth-order valence-electron chi connectivity index (χ4n) is 2.31. The first kappa shape index (κ1) is 11.4. The summed E-state index contributed by atoms with van der Waals surface area (Å²) in [7, 11) is 3.39. The van der Waals surface area contributed by atoms with Gasteiger partial charge >= 0.3 is 0 Å². The molecular formula is C11H18N2O3. The molecule has 5 heteroatoms. The molecular weight excluding hydrogens is 208 g/mol. The van der Waals surface area contributed by atoms with Gasteiger partial charge in [0, 0.05) is 19.6 Å². The molecule has 2 heterocycles. The minimum atomic E-state index is -0.965. The van der Waals surface area contributed by atoms with E-state index in [0.29, 0.717) is 24.7 Å². The van der Waals surface area contributed by atoms with Gasteiger partial charge in [-0.15, -0.1) is 0 Å². The van der Waals surface area contributed by atoms with E-state index in [1.807, 2.05) is 7.05 Å². The first-order valence-electron chi connectivity index (χ1n) is 5.44. The summed E-state index contributed by atoms with van der Waals surface area (Å²) in [6.45, 7) is 3.09. The average Bonchev–Trinajstić information content (AvgIpc) is 2.85. The molecule has 0 aliphatic carbocycles. The van der Waals surface area contributed by atoms with Crippen molar-refractivity contribution >= 4 is 0 Å². The van der Waals surface area contributed by atoms with Crippen LogP contribution in [-0.4, -0.2) is 35.2 Å². The average molecular weight is 226 g/mol. The van der Waals surface area contributed by atoms with E-state index in [0.717, 1.165) is 6.42 Å². The van der Waals surface area contributed by atoms with Gasteiger partial charge in [0.15, 0.2) is 5.75 Å². The molecule has 1 aromatic heterocycles. The number of methoxy groups -OCH3 is 1. The SMILES string of the molecule is COc1cnn(C)c1C(C)(O)C1CCOC1. The van der Waals surface area contributed by atoms with Crippen LogP contribution in [0.1, 0.15) is 19.0 Å². The van der Waals surface area contributed by atoms with Crippen LogP contribution in [0.25, 0.3) is 0 Å². The third kappa shape index (κ3) is 1.70. The quantitative estimate of drug-likeness (QED) is 0.823. The number of aromatic nitrogens is 2. The summed E-state index contributed by atoms with van der Waals surface area (Å²) < 4.78 is 12.2. The van der Waals surface area contributed by atoms with Gasteiger partial charge in [-0.05, 0) is 13.3 Å². The molecule has 2 atom stereocenters. The van der Waals surface area contributed by atoms with E-state index in [2.05, 4.69) is 5.10 Å². The second-order valence-corrected chi connectivity index (χ2v) is 4.39. The zero-order chi connectivity index (χ0) is 11.8. The van der Waals surface area contributed by atoms with E-state index < -0.39 is 5.60 Å². The van der Waals surface area contributed by atoms with Crippen molar-refractivity contribution in [3.05, 3.63) is 11.9 Å². The first-order valence-corrected chi connectivity index (χ1v) is 5.44. The van der Waals surface area contributed by atoms with Gasteiger partial charge in [0.05, 0.1) is 19.9 Å². The Morgan fingerprint density at radius 3 is 3.00 bits per heavy atom. The zero-order valence-corrected chi connectivity index (χ0v) is 9.93. The van der Waals surface area contributed by atoms with Gasteiger partial charge in [-0.2, -0.15) is 5.10 Å². The Morgan fingerprint density at radius 2 is 2.44 bits per heavy atom. The molecule has 0 aromatic carbocycles. The summed E-state index contributed by atoms with van der Waals surface area (Å²) in [4.78, 5) is 0. The van der Waals surface area contributed by atoms with Crippen molar-refractivity contribution in [1.82, 2.24) is 9.78 Å². The Bertz CT molecular complexity index is 367. The molecule has 0 bridgehead atoms. The number of rotatable bonds is 3. The molecule has 16 heavy (non-hydrogen) atoms. The van der Waals surface area contributed by atoms with Crippen molar-refractivity contribution in [3.8, 4) is 5.75 Å². The third-order valence-electron chi connectivity index (χ3n) is 3.33. The van der Waals surface area contributed by atoms with Gasteiger partial charge in [0.2, 0.25) is 0 Å². The fraction of sp³-hybridized carbons (Fsp3) is 0.727. The van der Waals surface area contributed by atoms with Crippen LogP contribution in [-0.2, 0) is 17.4 Å². The topological polar surface area (TPSA) is 56.5 Å². The Balaban J connectivity index is 2.36. The Labute approximate surface area is 95.0 Å². The lowest BCUT2D eigenvalue weighted by molar-refractivity contribution is -0.0183. The second-order valence-electron chi connectivity index (χ2n) is 4.39. The third-order valence-corrected chi connectivity index (χ3v) is 3.33. The summed E-state index contributed by atoms with van der Waals surface area (Å²) in [5.74, 6) is 0.719. The Hall–Kier alpha value is -1.07. The smallest absolute Gasteiger partial charge is 0.162 e. The van der Waals surface area contributed by atoms with Crippen molar-refractivity contribution in [1.29, 1.82) is 0 Å². The minimum absolute atomic E-state index is 0.0943. The standard InChI is InChI=1S/C11H18N2O3/c1-11(14,8-4-5-16-7-8)10-9(15-3)6-12-13(10)2/h6,8,14H,4-5,7H2,1-3H3. The first-order chi connectivity index (χ1) is 7.57. The Morgan fingerprint density at radius 1 is 1.69 bits per heavy atom. The summed E-state index contributed by atoms with van der Waals surface area (Å²) in [5.41, 5.74) is -0.252. The van der Waals surface area contributed by atoms with Crippen LogP contribution in [0.2, 0.25) is 0 Å². The van der Waals surface area contributed by atoms with Gasteiger partial charge in [-0.3, -0.25) is 4.68 Å². The van der Waals surface area contributed by atoms with Crippen LogP contribution in [0.4, 0.5) is 0 Å². The number of hydrogen-bond acceptors (Lipinski definition) is 4. The van der Waals surface area contributed by atoms with E-state index >= 15 is 0 Å². The van der Waals surface area contributed by atoms with Crippen LogP contribution in [0.3, 0.4) is 0 Å². The van der Waals surface area contributed by atoms with Crippen molar-refractivity contribution in [3.63, 3.8) is 0 Å². The molecule has 0 saturated carbocycles. The maximum Gasteiger partial charge on any atom is 0.162 e. The van der Waals surface area contributed by atoms with Crippen LogP contribution >= 0.6 is 0 Å². The van der Waals surface area contributed by atoms with Gasteiger partial charge in [-0.1, -0.05) is 0 Å². The highest BCUT2D eigenvalue weighted by atomic mass is 16.5. The molecule has 1 N–H and O–H groups in total. The lowest BCUT2D eigenvalue weighted by Gasteiger charge is -2.29. The van der Waals surface area contributed by atoms with E-state index in [4.69, 9.17) is 9.47 Å². The zero-order valence-electron chi connectivity index (χ0n) is 9.93.